The van der Waals surface area contributed by atoms with Crippen LogP contribution in [0.25, 0.3) is 0 Å². The number of nitrogens with one attached hydrogen (secondary N) is 1. The highest BCUT2D eigenvalue weighted by atomic mass is 32.1. The molecule has 1 atom stereocenters. The average molecular weight is 239 g/mol. The number of thiophene rings is 1. The third-order valence-electron chi connectivity index (χ3n) is 2.31. The summed E-state index contributed by atoms with van der Waals surface area (Å²) < 4.78 is 0. The van der Waals surface area contributed by atoms with Crippen molar-refractivity contribution in [3.05, 3.63) is 22.4 Å². The van der Waals surface area contributed by atoms with Gasteiger partial charge in [0.15, 0.2) is 5.96 Å². The van der Waals surface area contributed by atoms with Gasteiger partial charge in [-0.25, -0.2) is 0 Å². The highest BCUT2D eigenvalue weighted by Crippen LogP contribution is 2.13. The van der Waals surface area contributed by atoms with Crippen LogP contribution < -0.4 is 11.5 Å². The summed E-state index contributed by atoms with van der Waals surface area (Å²) in [4.78, 5) is 6.75. The summed E-state index contributed by atoms with van der Waals surface area (Å²) in [5.74, 6) is 0.00392. The van der Waals surface area contributed by atoms with E-state index in [1.165, 1.54) is 4.88 Å². The van der Waals surface area contributed by atoms with Crippen LogP contribution in [0.15, 0.2) is 22.5 Å². The Kier molecular flexibility index (Phi) is 4.30. The minimum Gasteiger partial charge on any atom is -0.370 e. The Bertz CT molecular complexity index is 367. The third-order valence-corrected chi connectivity index (χ3v) is 3.21. The number of aliphatic imine (C=N–C) groups is 1. The number of rotatable bonds is 3. The lowest BCUT2D eigenvalue weighted by atomic mass is 10.2. The predicted molar refractivity (Wildman–Crippen MR) is 68.8 cm³/mol. The first-order valence-corrected chi connectivity index (χ1v) is 5.82. The molecule has 1 rings (SSSR count). The standard InChI is InChI=1S/C10H17N5S/c1-7(6-8-4-3-5-16-8)15(2)10(13)14-9(11)12/h3-5,7H,6H2,1-2H3,(H5,11,12,13,14). The van der Waals surface area contributed by atoms with Gasteiger partial charge in [0.2, 0.25) is 5.96 Å². The highest BCUT2D eigenvalue weighted by molar-refractivity contribution is 7.09. The topological polar surface area (TPSA) is 91.5 Å². The molecule has 5 N–H and O–H groups in total. The molecule has 0 aliphatic rings. The third kappa shape index (κ3) is 3.54. The van der Waals surface area contributed by atoms with Crippen molar-refractivity contribution in [2.75, 3.05) is 7.05 Å². The Morgan fingerprint density at radius 2 is 2.31 bits per heavy atom. The zero-order valence-corrected chi connectivity index (χ0v) is 10.3. The molecule has 0 aliphatic heterocycles. The summed E-state index contributed by atoms with van der Waals surface area (Å²) in [5.41, 5.74) is 10.5. The molecule has 0 spiro atoms. The van der Waals surface area contributed by atoms with E-state index >= 15 is 0 Å². The molecule has 5 nitrogen and oxygen atoms in total. The van der Waals surface area contributed by atoms with Gasteiger partial charge >= 0.3 is 0 Å². The lowest BCUT2D eigenvalue weighted by Crippen LogP contribution is -2.37. The van der Waals surface area contributed by atoms with Crippen molar-refractivity contribution in [3.63, 3.8) is 0 Å². The van der Waals surface area contributed by atoms with E-state index in [9.17, 15) is 0 Å². The van der Waals surface area contributed by atoms with Gasteiger partial charge in [0.1, 0.15) is 0 Å². The maximum Gasteiger partial charge on any atom is 0.220 e. The van der Waals surface area contributed by atoms with Gasteiger partial charge in [-0.2, -0.15) is 4.99 Å². The van der Waals surface area contributed by atoms with Gasteiger partial charge in [0.25, 0.3) is 0 Å². The van der Waals surface area contributed by atoms with Crippen LogP contribution in [0, 0.1) is 5.41 Å². The Morgan fingerprint density at radius 1 is 1.62 bits per heavy atom. The zero-order chi connectivity index (χ0) is 12.1. The summed E-state index contributed by atoms with van der Waals surface area (Å²) in [7, 11) is 1.81. The summed E-state index contributed by atoms with van der Waals surface area (Å²) in [5, 5.41) is 9.71. The minimum atomic E-state index is -0.0832. The van der Waals surface area contributed by atoms with E-state index in [4.69, 9.17) is 16.9 Å². The fourth-order valence-corrected chi connectivity index (χ4v) is 2.09. The molecule has 88 valence electrons. The lowest BCUT2D eigenvalue weighted by Gasteiger charge is -2.24. The van der Waals surface area contributed by atoms with Gasteiger partial charge in [0.05, 0.1) is 0 Å². The van der Waals surface area contributed by atoms with Gasteiger partial charge in [-0.05, 0) is 18.4 Å². The van der Waals surface area contributed by atoms with Crippen molar-refractivity contribution in [1.82, 2.24) is 4.90 Å². The summed E-state index contributed by atoms with van der Waals surface area (Å²) in [6.45, 7) is 2.04. The van der Waals surface area contributed by atoms with E-state index in [-0.39, 0.29) is 18.0 Å². The quantitative estimate of drug-likeness (QED) is 0.538. The fraction of sp³-hybridized carbons (Fsp3) is 0.400. The lowest BCUT2D eigenvalue weighted by molar-refractivity contribution is 0.384. The van der Waals surface area contributed by atoms with Crippen LogP contribution >= 0.6 is 11.3 Å². The van der Waals surface area contributed by atoms with Crippen LogP contribution in [0.2, 0.25) is 0 Å². The van der Waals surface area contributed by atoms with E-state index in [0.717, 1.165) is 6.42 Å². The fourth-order valence-electron chi connectivity index (χ4n) is 1.27. The van der Waals surface area contributed by atoms with Crippen molar-refractivity contribution < 1.29 is 0 Å². The van der Waals surface area contributed by atoms with Crippen molar-refractivity contribution in [3.8, 4) is 0 Å². The second-order valence-corrected chi connectivity index (χ2v) is 4.64. The maximum atomic E-state index is 7.67. The van der Waals surface area contributed by atoms with Crippen molar-refractivity contribution in [1.29, 1.82) is 5.41 Å². The van der Waals surface area contributed by atoms with E-state index in [1.54, 1.807) is 16.2 Å². The largest absolute Gasteiger partial charge is 0.370 e. The molecule has 16 heavy (non-hydrogen) atoms. The average Bonchev–Trinajstić information content (AvgIpc) is 2.68. The Balaban J connectivity index is 2.57. The van der Waals surface area contributed by atoms with Crippen LogP contribution in [0.4, 0.5) is 0 Å². The Morgan fingerprint density at radius 3 is 2.81 bits per heavy atom. The van der Waals surface area contributed by atoms with Gasteiger partial charge in [-0.3, -0.25) is 5.41 Å². The molecule has 0 saturated carbocycles. The Hall–Kier alpha value is -1.56. The first-order valence-electron chi connectivity index (χ1n) is 4.94. The van der Waals surface area contributed by atoms with E-state index in [2.05, 4.69) is 11.1 Å². The molecule has 1 heterocycles. The van der Waals surface area contributed by atoms with E-state index < -0.39 is 0 Å². The molecular formula is C10H17N5S. The molecular weight excluding hydrogens is 222 g/mol. The number of nitrogens with two attached hydrogens (primary N) is 2. The van der Waals surface area contributed by atoms with Crippen LogP contribution in [0.5, 0.6) is 0 Å². The second-order valence-electron chi connectivity index (χ2n) is 3.60. The van der Waals surface area contributed by atoms with Crippen LogP contribution in [0.3, 0.4) is 0 Å². The molecule has 0 bridgehead atoms. The van der Waals surface area contributed by atoms with Crippen LogP contribution in [-0.4, -0.2) is 29.9 Å². The Labute approximate surface area is 99.3 Å². The van der Waals surface area contributed by atoms with E-state index in [1.807, 2.05) is 25.4 Å². The van der Waals surface area contributed by atoms with Gasteiger partial charge in [0, 0.05) is 24.4 Å². The van der Waals surface area contributed by atoms with Gasteiger partial charge in [-0.1, -0.05) is 6.07 Å². The molecule has 6 heteroatoms. The molecule has 0 fully saturated rings. The predicted octanol–water partition coefficient (Wildman–Crippen LogP) is 0.819. The number of hydrogen-bond donors (Lipinski definition) is 3. The second kappa shape index (κ2) is 5.50. The molecule has 0 radical (unpaired) electrons. The monoisotopic (exact) mass is 239 g/mol. The number of nitrogens with zero attached hydrogens (tertiary/aromatic N) is 2. The van der Waals surface area contributed by atoms with Crippen LogP contribution in [-0.2, 0) is 6.42 Å². The summed E-state index contributed by atoms with van der Waals surface area (Å²) >= 11 is 1.71. The van der Waals surface area contributed by atoms with Crippen LogP contribution in [0.1, 0.15) is 11.8 Å². The molecule has 0 amide bonds. The molecule has 1 unspecified atom stereocenters. The minimum absolute atomic E-state index is 0.0832. The summed E-state index contributed by atoms with van der Waals surface area (Å²) in [6.07, 6.45) is 0.885. The number of guanidine groups is 2. The van der Waals surface area contributed by atoms with Crippen molar-refractivity contribution in [2.24, 2.45) is 16.5 Å². The molecule has 0 aliphatic carbocycles. The van der Waals surface area contributed by atoms with E-state index in [0.29, 0.717) is 0 Å². The first kappa shape index (κ1) is 12.5. The SMILES string of the molecule is CC(Cc1cccs1)N(C)C(=N)N=C(N)N. The van der Waals surface area contributed by atoms with Gasteiger partial charge < -0.3 is 16.4 Å². The van der Waals surface area contributed by atoms with Gasteiger partial charge in [-0.15, -0.1) is 11.3 Å². The normalized spacial score (nSPS) is 11.9. The summed E-state index contributed by atoms with van der Waals surface area (Å²) in [6, 6.07) is 4.29. The molecule has 1 aromatic heterocycles. The first-order chi connectivity index (χ1) is 7.50. The zero-order valence-electron chi connectivity index (χ0n) is 9.47. The molecule has 0 aromatic carbocycles. The van der Waals surface area contributed by atoms with Crippen molar-refractivity contribution in [2.45, 2.75) is 19.4 Å². The van der Waals surface area contributed by atoms with Crippen molar-refractivity contribution >= 4 is 23.3 Å². The highest BCUT2D eigenvalue weighted by Gasteiger charge is 2.13. The number of hydrogen-bond acceptors (Lipinski definition) is 2. The molecule has 1 aromatic rings. The number of likely N-dealkylation sites (N-methyl/N-ethyl adjacent to an activating group) is 1. The smallest absolute Gasteiger partial charge is 0.220 e. The maximum absolute atomic E-state index is 7.67. The molecule has 0 saturated heterocycles.